The predicted molar refractivity (Wildman–Crippen MR) is 58.1 cm³/mol. The Kier molecular flexibility index (Phi) is 3.70. The number of aromatic nitrogens is 3. The molecule has 1 aromatic heterocycles. The molecular formula is C10H16N4O3. The Morgan fingerprint density at radius 2 is 2.53 bits per heavy atom. The van der Waals surface area contributed by atoms with Gasteiger partial charge in [0.1, 0.15) is 18.7 Å². The van der Waals surface area contributed by atoms with Gasteiger partial charge in [-0.15, -0.1) is 0 Å². The average Bonchev–Trinajstić information content (AvgIpc) is 2.91. The molecule has 0 radical (unpaired) electrons. The van der Waals surface area contributed by atoms with E-state index in [0.717, 1.165) is 0 Å². The highest BCUT2D eigenvalue weighted by molar-refractivity contribution is 5.80. The van der Waals surface area contributed by atoms with E-state index in [2.05, 4.69) is 10.1 Å². The lowest BCUT2D eigenvalue weighted by atomic mass is 10.2. The molecule has 2 unspecified atom stereocenters. The van der Waals surface area contributed by atoms with Gasteiger partial charge < -0.3 is 14.7 Å². The normalized spacial score (nSPS) is 22.5. The number of rotatable bonds is 3. The van der Waals surface area contributed by atoms with Crippen molar-refractivity contribution in [3.63, 3.8) is 0 Å². The molecule has 1 aliphatic rings. The summed E-state index contributed by atoms with van der Waals surface area (Å²) in [6.45, 7) is 3.14. The first-order valence-electron chi connectivity index (χ1n) is 5.57. The third-order valence-corrected chi connectivity index (χ3v) is 2.84. The van der Waals surface area contributed by atoms with Gasteiger partial charge in [0.25, 0.3) is 0 Å². The molecule has 0 saturated carbocycles. The van der Waals surface area contributed by atoms with Crippen molar-refractivity contribution in [1.82, 2.24) is 19.7 Å². The molecule has 1 aromatic rings. The van der Waals surface area contributed by atoms with Crippen LogP contribution in [0.4, 0.5) is 0 Å². The zero-order valence-corrected chi connectivity index (χ0v) is 9.69. The Morgan fingerprint density at radius 3 is 3.18 bits per heavy atom. The Balaban J connectivity index is 1.99. The zero-order chi connectivity index (χ0) is 12.3. The maximum atomic E-state index is 12.2. The summed E-state index contributed by atoms with van der Waals surface area (Å²) in [6.07, 6.45) is 2.64. The summed E-state index contributed by atoms with van der Waals surface area (Å²) in [4.78, 5) is 17.7. The van der Waals surface area contributed by atoms with Crippen LogP contribution in [0.25, 0.3) is 0 Å². The fourth-order valence-electron chi connectivity index (χ4n) is 1.82. The van der Waals surface area contributed by atoms with E-state index in [1.807, 2.05) is 0 Å². The molecule has 94 valence electrons. The van der Waals surface area contributed by atoms with Crippen molar-refractivity contribution in [2.24, 2.45) is 0 Å². The van der Waals surface area contributed by atoms with Crippen LogP contribution in [0.5, 0.6) is 0 Å². The lowest BCUT2D eigenvalue weighted by Crippen LogP contribution is -2.48. The fraction of sp³-hybridized carbons (Fsp3) is 0.700. The van der Waals surface area contributed by atoms with E-state index in [-0.39, 0.29) is 24.7 Å². The molecular weight excluding hydrogens is 224 g/mol. The molecule has 1 saturated heterocycles. The molecule has 2 rings (SSSR count). The molecule has 1 N–H and O–H groups in total. The van der Waals surface area contributed by atoms with E-state index in [1.165, 1.54) is 17.3 Å². The van der Waals surface area contributed by atoms with Crippen molar-refractivity contribution in [1.29, 1.82) is 0 Å². The molecule has 1 fully saturated rings. The van der Waals surface area contributed by atoms with Crippen LogP contribution in [0.2, 0.25) is 0 Å². The van der Waals surface area contributed by atoms with Crippen LogP contribution in [-0.2, 0) is 9.53 Å². The number of hydrogen-bond donors (Lipinski definition) is 1. The van der Waals surface area contributed by atoms with E-state index in [9.17, 15) is 4.79 Å². The number of nitrogens with zero attached hydrogens (tertiary/aromatic N) is 4. The first-order chi connectivity index (χ1) is 8.22. The Hall–Kier alpha value is -1.47. The van der Waals surface area contributed by atoms with E-state index in [1.54, 1.807) is 11.8 Å². The fourth-order valence-corrected chi connectivity index (χ4v) is 1.82. The van der Waals surface area contributed by atoms with Crippen LogP contribution in [0, 0.1) is 0 Å². The maximum Gasteiger partial charge on any atom is 0.247 e. The third-order valence-electron chi connectivity index (χ3n) is 2.84. The van der Waals surface area contributed by atoms with Crippen molar-refractivity contribution in [3.05, 3.63) is 12.7 Å². The lowest BCUT2D eigenvalue weighted by Gasteiger charge is -2.33. The smallest absolute Gasteiger partial charge is 0.247 e. The molecule has 0 spiro atoms. The molecule has 0 aliphatic carbocycles. The molecule has 7 heteroatoms. The molecule has 1 amide bonds. The summed E-state index contributed by atoms with van der Waals surface area (Å²) >= 11 is 0. The number of carbonyl (C=O) groups excluding carboxylic acids is 1. The Bertz CT molecular complexity index is 368. The minimum Gasteiger partial charge on any atom is -0.394 e. The van der Waals surface area contributed by atoms with Gasteiger partial charge in [-0.2, -0.15) is 5.10 Å². The minimum absolute atomic E-state index is 0.0303. The van der Waals surface area contributed by atoms with E-state index < -0.39 is 0 Å². The predicted octanol–water partition coefficient (Wildman–Crippen LogP) is -0.941. The van der Waals surface area contributed by atoms with Crippen molar-refractivity contribution in [3.8, 4) is 0 Å². The second kappa shape index (κ2) is 5.24. The molecule has 0 aromatic carbocycles. The third kappa shape index (κ3) is 2.62. The number of amides is 1. The quantitative estimate of drug-likeness (QED) is 0.737. The Morgan fingerprint density at radius 1 is 1.71 bits per heavy atom. The van der Waals surface area contributed by atoms with E-state index >= 15 is 0 Å². The largest absolute Gasteiger partial charge is 0.394 e. The van der Waals surface area contributed by atoms with Crippen LogP contribution in [0.15, 0.2) is 12.7 Å². The zero-order valence-electron chi connectivity index (χ0n) is 9.69. The van der Waals surface area contributed by atoms with Gasteiger partial charge in [-0.05, 0) is 6.92 Å². The minimum atomic E-state index is -0.380. The second-order valence-electron chi connectivity index (χ2n) is 4.01. The van der Waals surface area contributed by atoms with Gasteiger partial charge in [-0.3, -0.25) is 4.79 Å². The van der Waals surface area contributed by atoms with Gasteiger partial charge in [0.15, 0.2) is 0 Å². The molecule has 0 bridgehead atoms. The van der Waals surface area contributed by atoms with Crippen LogP contribution in [-0.4, -0.2) is 63.1 Å². The molecule has 1 aliphatic heterocycles. The standard InChI is InChI=1S/C10H16N4O3/c1-8(14-7-11-6-12-14)10(16)13-2-3-17-9(4-13)5-15/h6-9,15H,2-5H2,1H3. The number of carbonyl (C=O) groups is 1. The van der Waals surface area contributed by atoms with Crippen molar-refractivity contribution in [2.75, 3.05) is 26.3 Å². The number of aliphatic hydroxyl groups is 1. The highest BCUT2D eigenvalue weighted by atomic mass is 16.5. The summed E-state index contributed by atoms with van der Waals surface area (Å²) in [7, 11) is 0. The Labute approximate surface area is 99.0 Å². The monoisotopic (exact) mass is 240 g/mol. The molecule has 2 atom stereocenters. The van der Waals surface area contributed by atoms with E-state index in [0.29, 0.717) is 19.7 Å². The van der Waals surface area contributed by atoms with E-state index in [4.69, 9.17) is 9.84 Å². The lowest BCUT2D eigenvalue weighted by molar-refractivity contribution is -0.143. The number of ether oxygens (including phenoxy) is 1. The SMILES string of the molecule is CC(C(=O)N1CCOC(CO)C1)n1cncn1. The molecule has 17 heavy (non-hydrogen) atoms. The van der Waals surface area contributed by atoms with Crippen molar-refractivity contribution < 1.29 is 14.6 Å². The first-order valence-corrected chi connectivity index (χ1v) is 5.57. The van der Waals surface area contributed by atoms with Gasteiger partial charge in [-0.1, -0.05) is 0 Å². The number of morpholine rings is 1. The van der Waals surface area contributed by atoms with Crippen molar-refractivity contribution in [2.45, 2.75) is 19.1 Å². The summed E-state index contributed by atoms with van der Waals surface area (Å²) in [5, 5.41) is 13.0. The number of hydrogen-bond acceptors (Lipinski definition) is 5. The first kappa shape index (κ1) is 12.0. The summed E-state index contributed by atoms with van der Waals surface area (Å²) < 4.78 is 6.82. The van der Waals surface area contributed by atoms with Gasteiger partial charge in [0.05, 0.1) is 19.3 Å². The number of aliphatic hydroxyl groups excluding tert-OH is 1. The second-order valence-corrected chi connectivity index (χ2v) is 4.01. The van der Waals surface area contributed by atoms with Crippen LogP contribution >= 0.6 is 0 Å². The summed E-state index contributed by atoms with van der Waals surface area (Å²) in [6, 6.07) is -0.380. The molecule has 7 nitrogen and oxygen atoms in total. The van der Waals surface area contributed by atoms with Gasteiger partial charge >= 0.3 is 0 Å². The van der Waals surface area contributed by atoms with Crippen LogP contribution < -0.4 is 0 Å². The highest BCUT2D eigenvalue weighted by Crippen LogP contribution is 2.12. The van der Waals surface area contributed by atoms with Gasteiger partial charge in [0.2, 0.25) is 5.91 Å². The molecule has 2 heterocycles. The van der Waals surface area contributed by atoms with Crippen molar-refractivity contribution >= 4 is 5.91 Å². The van der Waals surface area contributed by atoms with Crippen LogP contribution in [0.3, 0.4) is 0 Å². The van der Waals surface area contributed by atoms with Crippen LogP contribution in [0.1, 0.15) is 13.0 Å². The highest BCUT2D eigenvalue weighted by Gasteiger charge is 2.27. The average molecular weight is 240 g/mol. The maximum absolute atomic E-state index is 12.2. The van der Waals surface area contributed by atoms with Gasteiger partial charge in [0, 0.05) is 13.1 Å². The topological polar surface area (TPSA) is 80.5 Å². The van der Waals surface area contributed by atoms with Gasteiger partial charge in [-0.25, -0.2) is 9.67 Å². The summed E-state index contributed by atoms with van der Waals surface area (Å²) in [5.41, 5.74) is 0. The summed E-state index contributed by atoms with van der Waals surface area (Å²) in [5.74, 6) is -0.0303.